The normalized spacial score (nSPS) is 15.9. The van der Waals surface area contributed by atoms with Crippen molar-refractivity contribution in [2.75, 3.05) is 7.05 Å². The number of carboxylic acid groups (broad SMARTS) is 1. The van der Waals surface area contributed by atoms with Gasteiger partial charge in [0.25, 0.3) is 0 Å². The minimum absolute atomic E-state index is 0.114. The van der Waals surface area contributed by atoms with Crippen LogP contribution in [0.1, 0.15) is 47.9 Å². The molecule has 2 aromatic rings. The SMILES string of the molecule is CNC(=O)C(C)n1c(C2CC2)nc2ccc(C(=O)O)cc21. The fourth-order valence-electron chi connectivity index (χ4n) is 2.61. The van der Waals surface area contributed by atoms with E-state index < -0.39 is 12.0 Å². The summed E-state index contributed by atoms with van der Waals surface area (Å²) in [6.45, 7) is 1.80. The molecule has 110 valence electrons. The number of benzene rings is 1. The Morgan fingerprint density at radius 3 is 2.71 bits per heavy atom. The summed E-state index contributed by atoms with van der Waals surface area (Å²) in [5, 5.41) is 11.8. The largest absolute Gasteiger partial charge is 0.478 e. The number of hydrogen-bond donors (Lipinski definition) is 2. The van der Waals surface area contributed by atoms with Gasteiger partial charge in [-0.2, -0.15) is 0 Å². The van der Waals surface area contributed by atoms with Crippen molar-refractivity contribution >= 4 is 22.9 Å². The summed E-state index contributed by atoms with van der Waals surface area (Å²) >= 11 is 0. The molecule has 1 aromatic carbocycles. The van der Waals surface area contributed by atoms with Gasteiger partial charge in [-0.15, -0.1) is 0 Å². The van der Waals surface area contributed by atoms with Gasteiger partial charge in [0.2, 0.25) is 5.91 Å². The van der Waals surface area contributed by atoms with Crippen LogP contribution >= 0.6 is 0 Å². The maximum absolute atomic E-state index is 12.0. The molecule has 1 atom stereocenters. The molecule has 1 heterocycles. The van der Waals surface area contributed by atoms with Gasteiger partial charge >= 0.3 is 5.97 Å². The Bertz CT molecular complexity index is 731. The summed E-state index contributed by atoms with van der Waals surface area (Å²) in [4.78, 5) is 27.8. The van der Waals surface area contributed by atoms with Crippen molar-refractivity contribution in [2.24, 2.45) is 0 Å². The van der Waals surface area contributed by atoms with E-state index in [1.165, 1.54) is 0 Å². The molecule has 1 aliphatic carbocycles. The number of nitrogens with one attached hydrogen (secondary N) is 1. The van der Waals surface area contributed by atoms with Gasteiger partial charge in [0.1, 0.15) is 11.9 Å². The smallest absolute Gasteiger partial charge is 0.335 e. The van der Waals surface area contributed by atoms with Crippen LogP contribution in [0.4, 0.5) is 0 Å². The number of amides is 1. The van der Waals surface area contributed by atoms with E-state index in [-0.39, 0.29) is 11.5 Å². The van der Waals surface area contributed by atoms with Crippen molar-refractivity contribution in [3.63, 3.8) is 0 Å². The standard InChI is InChI=1S/C15H17N3O3/c1-8(14(19)16-2)18-12-7-10(15(20)21)5-6-11(12)17-13(18)9-3-4-9/h5-9H,3-4H2,1-2H3,(H,16,19)(H,20,21). The first kappa shape index (κ1) is 13.6. The number of aromatic nitrogens is 2. The van der Waals surface area contributed by atoms with Crippen molar-refractivity contribution in [2.45, 2.75) is 31.7 Å². The lowest BCUT2D eigenvalue weighted by Crippen LogP contribution is -2.28. The van der Waals surface area contributed by atoms with Gasteiger partial charge in [-0.25, -0.2) is 9.78 Å². The molecular formula is C15H17N3O3. The molecule has 0 spiro atoms. The zero-order valence-electron chi connectivity index (χ0n) is 12.0. The summed E-state index contributed by atoms with van der Waals surface area (Å²) in [6, 6.07) is 4.43. The predicted molar refractivity (Wildman–Crippen MR) is 77.4 cm³/mol. The van der Waals surface area contributed by atoms with Crippen LogP contribution in [-0.2, 0) is 4.79 Å². The molecule has 2 N–H and O–H groups in total. The third-order valence-electron chi connectivity index (χ3n) is 3.92. The number of rotatable bonds is 4. The highest BCUT2D eigenvalue weighted by Gasteiger charge is 2.32. The highest BCUT2D eigenvalue weighted by molar-refractivity contribution is 5.93. The number of carbonyl (C=O) groups is 2. The predicted octanol–water partition coefficient (Wildman–Crippen LogP) is 1.92. The minimum atomic E-state index is -0.981. The first-order chi connectivity index (χ1) is 10.0. The maximum Gasteiger partial charge on any atom is 0.335 e. The number of carbonyl (C=O) groups excluding carboxylic acids is 1. The molecule has 1 aromatic heterocycles. The van der Waals surface area contributed by atoms with E-state index in [9.17, 15) is 9.59 Å². The summed E-state index contributed by atoms with van der Waals surface area (Å²) in [6.07, 6.45) is 2.13. The Kier molecular flexibility index (Phi) is 3.16. The van der Waals surface area contributed by atoms with Crippen LogP contribution in [0, 0.1) is 0 Å². The molecule has 0 radical (unpaired) electrons. The molecule has 1 unspecified atom stereocenters. The minimum Gasteiger partial charge on any atom is -0.478 e. The van der Waals surface area contributed by atoms with Crippen LogP contribution in [0.3, 0.4) is 0 Å². The van der Waals surface area contributed by atoms with E-state index in [0.29, 0.717) is 11.4 Å². The van der Waals surface area contributed by atoms with Crippen LogP contribution in [0.5, 0.6) is 0 Å². The number of hydrogen-bond acceptors (Lipinski definition) is 3. The Hall–Kier alpha value is -2.37. The molecule has 1 saturated carbocycles. The Labute approximate surface area is 121 Å². The summed E-state index contributed by atoms with van der Waals surface area (Å²) in [7, 11) is 1.59. The number of nitrogens with zero attached hydrogens (tertiary/aromatic N) is 2. The first-order valence-electron chi connectivity index (χ1n) is 6.99. The van der Waals surface area contributed by atoms with Gasteiger partial charge in [-0.3, -0.25) is 4.79 Å². The molecule has 21 heavy (non-hydrogen) atoms. The van der Waals surface area contributed by atoms with E-state index in [2.05, 4.69) is 10.3 Å². The molecule has 6 heteroatoms. The molecular weight excluding hydrogens is 270 g/mol. The Morgan fingerprint density at radius 2 is 2.14 bits per heavy atom. The van der Waals surface area contributed by atoms with E-state index >= 15 is 0 Å². The summed E-state index contributed by atoms with van der Waals surface area (Å²) < 4.78 is 1.87. The van der Waals surface area contributed by atoms with Crippen LogP contribution in [0.2, 0.25) is 0 Å². The number of imidazole rings is 1. The third kappa shape index (κ3) is 2.26. The van der Waals surface area contributed by atoms with Gasteiger partial charge in [0, 0.05) is 13.0 Å². The molecule has 0 aliphatic heterocycles. The van der Waals surface area contributed by atoms with Crippen LogP contribution in [0.15, 0.2) is 18.2 Å². The Morgan fingerprint density at radius 1 is 1.43 bits per heavy atom. The maximum atomic E-state index is 12.0. The number of carboxylic acids is 1. The topological polar surface area (TPSA) is 84.2 Å². The fourth-order valence-corrected chi connectivity index (χ4v) is 2.61. The molecule has 1 fully saturated rings. The zero-order chi connectivity index (χ0) is 15.1. The van der Waals surface area contributed by atoms with Crippen molar-refractivity contribution < 1.29 is 14.7 Å². The van der Waals surface area contributed by atoms with Crippen LogP contribution in [0.25, 0.3) is 11.0 Å². The lowest BCUT2D eigenvalue weighted by molar-refractivity contribution is -0.123. The van der Waals surface area contributed by atoms with E-state index in [1.54, 1.807) is 32.2 Å². The fraction of sp³-hybridized carbons (Fsp3) is 0.400. The summed E-state index contributed by atoms with van der Waals surface area (Å²) in [5.74, 6) is 0.156. The Balaban J connectivity index is 2.21. The number of aromatic carboxylic acids is 1. The van der Waals surface area contributed by atoms with Gasteiger partial charge in [0.05, 0.1) is 16.6 Å². The molecule has 0 saturated heterocycles. The van der Waals surface area contributed by atoms with Gasteiger partial charge in [0.15, 0.2) is 0 Å². The van der Waals surface area contributed by atoms with Crippen molar-refractivity contribution in [1.29, 1.82) is 0 Å². The summed E-state index contributed by atoms with van der Waals surface area (Å²) in [5.41, 5.74) is 1.64. The highest BCUT2D eigenvalue weighted by Crippen LogP contribution is 2.41. The second-order valence-corrected chi connectivity index (χ2v) is 5.41. The second kappa shape index (κ2) is 4.87. The van der Waals surface area contributed by atoms with Gasteiger partial charge < -0.3 is 15.0 Å². The zero-order valence-corrected chi connectivity index (χ0v) is 12.0. The van der Waals surface area contributed by atoms with Crippen molar-refractivity contribution in [3.8, 4) is 0 Å². The first-order valence-corrected chi connectivity index (χ1v) is 6.99. The molecule has 0 bridgehead atoms. The average Bonchev–Trinajstić information content (AvgIpc) is 3.25. The molecule has 3 rings (SSSR count). The third-order valence-corrected chi connectivity index (χ3v) is 3.92. The quantitative estimate of drug-likeness (QED) is 0.899. The van der Waals surface area contributed by atoms with E-state index in [0.717, 1.165) is 24.2 Å². The number of likely N-dealkylation sites (N-methyl/N-ethyl adjacent to an activating group) is 1. The second-order valence-electron chi connectivity index (χ2n) is 5.41. The molecule has 6 nitrogen and oxygen atoms in total. The highest BCUT2D eigenvalue weighted by atomic mass is 16.4. The average molecular weight is 287 g/mol. The van der Waals surface area contributed by atoms with Crippen LogP contribution in [-0.4, -0.2) is 33.6 Å². The van der Waals surface area contributed by atoms with Crippen molar-refractivity contribution in [3.05, 3.63) is 29.6 Å². The lowest BCUT2D eigenvalue weighted by atomic mass is 10.2. The van der Waals surface area contributed by atoms with Gasteiger partial charge in [-0.1, -0.05) is 0 Å². The van der Waals surface area contributed by atoms with Crippen LogP contribution < -0.4 is 5.32 Å². The van der Waals surface area contributed by atoms with E-state index in [4.69, 9.17) is 5.11 Å². The monoisotopic (exact) mass is 287 g/mol. The molecule has 1 aliphatic rings. The van der Waals surface area contributed by atoms with Gasteiger partial charge in [-0.05, 0) is 38.0 Å². The van der Waals surface area contributed by atoms with E-state index in [1.807, 2.05) is 4.57 Å². The van der Waals surface area contributed by atoms with Crippen molar-refractivity contribution in [1.82, 2.24) is 14.9 Å². The lowest BCUT2D eigenvalue weighted by Gasteiger charge is -2.16. The molecule has 1 amide bonds. The number of fused-ring (bicyclic) bond motifs is 1.